The highest BCUT2D eigenvalue weighted by Crippen LogP contribution is 2.40. The number of ether oxygens (including phenoxy) is 1. The molecule has 1 aliphatic carbocycles. The van der Waals surface area contributed by atoms with Gasteiger partial charge in [0.2, 0.25) is 0 Å². The summed E-state index contributed by atoms with van der Waals surface area (Å²) in [5.41, 5.74) is 1.15. The summed E-state index contributed by atoms with van der Waals surface area (Å²) in [5.74, 6) is 0.684. The minimum absolute atomic E-state index is 0.194. The third kappa shape index (κ3) is 2.17. The zero-order chi connectivity index (χ0) is 11.7. The van der Waals surface area contributed by atoms with E-state index in [0.717, 1.165) is 10.2 Å². The van der Waals surface area contributed by atoms with E-state index in [1.807, 2.05) is 25.0 Å². The van der Waals surface area contributed by atoms with Gasteiger partial charge >= 0.3 is 0 Å². The second-order valence-electron chi connectivity index (χ2n) is 4.31. The maximum atomic E-state index is 5.64. The highest BCUT2D eigenvalue weighted by Gasteiger charge is 2.38. The molecule has 0 bridgehead atoms. The molecular formula is C11H18BrN3O. The molecule has 0 aliphatic heterocycles. The van der Waals surface area contributed by atoms with Gasteiger partial charge < -0.3 is 10.1 Å². The highest BCUT2D eigenvalue weighted by molar-refractivity contribution is 9.10. The van der Waals surface area contributed by atoms with Crippen LogP contribution in [-0.4, -0.2) is 30.0 Å². The second kappa shape index (κ2) is 4.85. The fourth-order valence-corrected chi connectivity index (χ4v) is 2.85. The summed E-state index contributed by atoms with van der Waals surface area (Å²) in [5, 5.41) is 7.60. The van der Waals surface area contributed by atoms with E-state index < -0.39 is 0 Å². The molecular weight excluding hydrogens is 270 g/mol. The predicted molar refractivity (Wildman–Crippen MR) is 66.2 cm³/mol. The van der Waals surface area contributed by atoms with Crippen LogP contribution in [0.3, 0.4) is 0 Å². The molecule has 1 fully saturated rings. The minimum Gasteiger partial charge on any atom is -0.379 e. The molecule has 1 heterocycles. The van der Waals surface area contributed by atoms with E-state index in [-0.39, 0.29) is 12.1 Å². The molecule has 0 spiro atoms. The molecule has 4 nitrogen and oxygen atoms in total. The number of aryl methyl sites for hydroxylation is 1. The van der Waals surface area contributed by atoms with Gasteiger partial charge in [0.1, 0.15) is 0 Å². The van der Waals surface area contributed by atoms with Crippen LogP contribution in [0, 0.1) is 5.92 Å². The lowest BCUT2D eigenvalue weighted by molar-refractivity contribution is 0.0504. The molecule has 5 heteroatoms. The first-order valence-electron chi connectivity index (χ1n) is 5.56. The molecule has 1 aliphatic rings. The van der Waals surface area contributed by atoms with Gasteiger partial charge in [-0.3, -0.25) is 4.68 Å². The Morgan fingerprint density at radius 1 is 1.62 bits per heavy atom. The van der Waals surface area contributed by atoms with Gasteiger partial charge in [-0.2, -0.15) is 5.10 Å². The summed E-state index contributed by atoms with van der Waals surface area (Å²) >= 11 is 3.55. The Morgan fingerprint density at radius 2 is 2.31 bits per heavy atom. The average molecular weight is 288 g/mol. The Hall–Kier alpha value is -0.390. The number of nitrogens with zero attached hydrogens (tertiary/aromatic N) is 2. The lowest BCUT2D eigenvalue weighted by atomic mass is 10.0. The van der Waals surface area contributed by atoms with Crippen LogP contribution in [0.2, 0.25) is 0 Å². The van der Waals surface area contributed by atoms with Gasteiger partial charge in [-0.1, -0.05) is 0 Å². The van der Waals surface area contributed by atoms with Gasteiger partial charge in [0, 0.05) is 14.2 Å². The van der Waals surface area contributed by atoms with Crippen LogP contribution in [0.15, 0.2) is 10.7 Å². The monoisotopic (exact) mass is 287 g/mol. The standard InChI is InChI=1S/C11H18BrN3O/c1-13-9(11(16-3)7-4-5-7)10-8(12)6-14-15(10)2/h6-7,9,11,13H,4-5H2,1-3H3. The summed E-state index contributed by atoms with van der Waals surface area (Å²) in [6.45, 7) is 0. The Balaban J connectivity index is 2.27. The molecule has 1 saturated carbocycles. The molecule has 2 unspecified atom stereocenters. The molecule has 1 aromatic rings. The third-order valence-corrected chi connectivity index (χ3v) is 3.84. The first-order valence-corrected chi connectivity index (χ1v) is 6.35. The van der Waals surface area contributed by atoms with Crippen molar-refractivity contribution in [3.63, 3.8) is 0 Å². The number of halogens is 1. The van der Waals surface area contributed by atoms with E-state index in [1.54, 1.807) is 7.11 Å². The summed E-state index contributed by atoms with van der Waals surface area (Å²) < 4.78 is 8.58. The van der Waals surface area contributed by atoms with Crippen LogP contribution in [0.4, 0.5) is 0 Å². The van der Waals surface area contributed by atoms with E-state index in [0.29, 0.717) is 5.92 Å². The van der Waals surface area contributed by atoms with E-state index in [1.165, 1.54) is 12.8 Å². The maximum absolute atomic E-state index is 5.64. The van der Waals surface area contributed by atoms with Crippen LogP contribution in [-0.2, 0) is 11.8 Å². The first-order chi connectivity index (χ1) is 7.69. The van der Waals surface area contributed by atoms with E-state index in [9.17, 15) is 0 Å². The Kier molecular flexibility index (Phi) is 3.66. The molecule has 1 aromatic heterocycles. The van der Waals surface area contributed by atoms with Gasteiger partial charge in [-0.15, -0.1) is 0 Å². The molecule has 0 saturated heterocycles. The molecule has 90 valence electrons. The van der Waals surface area contributed by atoms with Crippen molar-refractivity contribution in [3.05, 3.63) is 16.4 Å². The Labute approximate surface area is 104 Å². The van der Waals surface area contributed by atoms with Crippen molar-refractivity contribution >= 4 is 15.9 Å². The number of nitrogens with one attached hydrogen (secondary N) is 1. The van der Waals surface area contributed by atoms with Crippen molar-refractivity contribution in [1.29, 1.82) is 0 Å². The second-order valence-corrected chi connectivity index (χ2v) is 5.16. The quantitative estimate of drug-likeness (QED) is 0.899. The summed E-state index contributed by atoms with van der Waals surface area (Å²) in [6, 6.07) is 0.194. The fourth-order valence-electron chi connectivity index (χ4n) is 2.25. The van der Waals surface area contributed by atoms with Crippen molar-refractivity contribution < 1.29 is 4.74 Å². The molecule has 1 N–H and O–H groups in total. The van der Waals surface area contributed by atoms with Gasteiger partial charge in [0.25, 0.3) is 0 Å². The number of hydrogen-bond acceptors (Lipinski definition) is 3. The molecule has 2 rings (SSSR count). The molecule has 0 amide bonds. The largest absolute Gasteiger partial charge is 0.379 e. The molecule has 0 aromatic carbocycles. The number of hydrogen-bond donors (Lipinski definition) is 1. The minimum atomic E-state index is 0.194. The van der Waals surface area contributed by atoms with Crippen molar-refractivity contribution in [2.24, 2.45) is 13.0 Å². The van der Waals surface area contributed by atoms with Crippen molar-refractivity contribution in [3.8, 4) is 0 Å². The summed E-state index contributed by atoms with van der Waals surface area (Å²) in [7, 11) is 5.72. The molecule has 2 atom stereocenters. The van der Waals surface area contributed by atoms with Crippen LogP contribution < -0.4 is 5.32 Å². The van der Waals surface area contributed by atoms with Crippen molar-refractivity contribution in [1.82, 2.24) is 15.1 Å². The smallest absolute Gasteiger partial charge is 0.0809 e. The highest BCUT2D eigenvalue weighted by atomic mass is 79.9. The molecule has 0 radical (unpaired) electrons. The van der Waals surface area contributed by atoms with Crippen LogP contribution >= 0.6 is 15.9 Å². The lowest BCUT2D eigenvalue weighted by Crippen LogP contribution is -2.34. The number of rotatable bonds is 5. The first kappa shape index (κ1) is 12.1. The van der Waals surface area contributed by atoms with E-state index in [2.05, 4.69) is 26.3 Å². The number of methoxy groups -OCH3 is 1. The Bertz CT molecular complexity index is 343. The van der Waals surface area contributed by atoms with Crippen LogP contribution in [0.1, 0.15) is 24.6 Å². The normalized spacial score (nSPS) is 19.8. The third-order valence-electron chi connectivity index (χ3n) is 3.23. The lowest BCUT2D eigenvalue weighted by Gasteiger charge is -2.26. The van der Waals surface area contributed by atoms with Crippen LogP contribution in [0.5, 0.6) is 0 Å². The Morgan fingerprint density at radius 3 is 2.69 bits per heavy atom. The van der Waals surface area contributed by atoms with Gasteiger partial charge in [0.05, 0.1) is 28.5 Å². The van der Waals surface area contributed by atoms with Gasteiger partial charge in [-0.25, -0.2) is 0 Å². The average Bonchev–Trinajstić information content (AvgIpc) is 3.05. The van der Waals surface area contributed by atoms with Gasteiger partial charge in [-0.05, 0) is 41.7 Å². The fraction of sp³-hybridized carbons (Fsp3) is 0.727. The number of aromatic nitrogens is 2. The van der Waals surface area contributed by atoms with Crippen molar-refractivity contribution in [2.45, 2.75) is 25.0 Å². The SMILES string of the molecule is CNC(c1c(Br)cnn1C)C(OC)C1CC1. The van der Waals surface area contributed by atoms with E-state index >= 15 is 0 Å². The maximum Gasteiger partial charge on any atom is 0.0809 e. The zero-order valence-corrected chi connectivity index (χ0v) is 11.5. The zero-order valence-electron chi connectivity index (χ0n) is 9.90. The predicted octanol–water partition coefficient (Wildman–Crippen LogP) is 1.87. The summed E-state index contributed by atoms with van der Waals surface area (Å²) in [4.78, 5) is 0. The molecule has 16 heavy (non-hydrogen) atoms. The summed E-state index contributed by atoms with van der Waals surface area (Å²) in [6.07, 6.45) is 4.61. The number of likely N-dealkylation sites (N-methyl/N-ethyl adjacent to an activating group) is 1. The van der Waals surface area contributed by atoms with Crippen molar-refractivity contribution in [2.75, 3.05) is 14.2 Å². The van der Waals surface area contributed by atoms with Crippen LogP contribution in [0.25, 0.3) is 0 Å². The topological polar surface area (TPSA) is 39.1 Å². The van der Waals surface area contributed by atoms with Gasteiger partial charge in [0.15, 0.2) is 0 Å². The van der Waals surface area contributed by atoms with E-state index in [4.69, 9.17) is 4.74 Å².